The van der Waals surface area contributed by atoms with Gasteiger partial charge in [-0.1, -0.05) is 26.2 Å². The Balaban J connectivity index is 1.76. The molecule has 1 saturated carbocycles. The summed E-state index contributed by atoms with van der Waals surface area (Å²) in [6.07, 6.45) is 7.72. The second kappa shape index (κ2) is 10.4. The fourth-order valence-corrected chi connectivity index (χ4v) is 4.11. The lowest BCUT2D eigenvalue weighted by Crippen LogP contribution is -2.58. The van der Waals surface area contributed by atoms with Crippen molar-refractivity contribution < 1.29 is 9.53 Å². The smallest absolute Gasteiger partial charge is 0.237 e. The van der Waals surface area contributed by atoms with Gasteiger partial charge in [-0.3, -0.25) is 14.6 Å². The predicted molar refractivity (Wildman–Crippen MR) is 98.1 cm³/mol. The van der Waals surface area contributed by atoms with E-state index in [0.717, 1.165) is 45.8 Å². The van der Waals surface area contributed by atoms with Crippen LogP contribution in [0.5, 0.6) is 0 Å². The average Bonchev–Trinajstić information content (AvgIpc) is 2.64. The van der Waals surface area contributed by atoms with E-state index in [0.29, 0.717) is 12.0 Å². The van der Waals surface area contributed by atoms with Crippen LogP contribution in [-0.4, -0.2) is 74.2 Å². The molecule has 0 aromatic carbocycles. The third kappa shape index (κ3) is 5.71. The Morgan fingerprint density at radius 1 is 1.25 bits per heavy atom. The average molecular weight is 340 g/mol. The molecule has 1 aliphatic heterocycles. The predicted octanol–water partition coefficient (Wildman–Crippen LogP) is 2.11. The molecule has 0 spiro atoms. The van der Waals surface area contributed by atoms with Gasteiger partial charge in [0.05, 0.1) is 12.6 Å². The molecule has 1 amide bonds. The van der Waals surface area contributed by atoms with Crippen LogP contribution in [0.1, 0.15) is 52.4 Å². The molecule has 140 valence electrons. The van der Waals surface area contributed by atoms with Gasteiger partial charge in [0.1, 0.15) is 0 Å². The molecular formula is C19H37N3O2. The van der Waals surface area contributed by atoms with Crippen LogP contribution in [0.3, 0.4) is 0 Å². The van der Waals surface area contributed by atoms with Crippen molar-refractivity contribution in [3.8, 4) is 0 Å². The number of ether oxygens (including phenoxy) is 1. The van der Waals surface area contributed by atoms with Crippen molar-refractivity contribution in [2.24, 2.45) is 5.92 Å². The van der Waals surface area contributed by atoms with Crippen molar-refractivity contribution in [3.05, 3.63) is 0 Å². The van der Waals surface area contributed by atoms with Crippen LogP contribution in [0.4, 0.5) is 0 Å². The summed E-state index contributed by atoms with van der Waals surface area (Å²) in [5, 5.41) is 3.21. The molecule has 5 heteroatoms. The molecule has 2 aliphatic rings. The largest absolute Gasteiger partial charge is 0.383 e. The van der Waals surface area contributed by atoms with Gasteiger partial charge in [0, 0.05) is 45.9 Å². The molecule has 1 heterocycles. The van der Waals surface area contributed by atoms with Gasteiger partial charge >= 0.3 is 0 Å². The SMILES string of the molecule is CCC1CN(C(C)C(=O)NCC2CCCCC2)CCN1CCOC. The maximum atomic E-state index is 12.5. The van der Waals surface area contributed by atoms with E-state index in [9.17, 15) is 4.79 Å². The highest BCUT2D eigenvalue weighted by molar-refractivity contribution is 5.81. The molecule has 2 atom stereocenters. The van der Waals surface area contributed by atoms with Crippen molar-refractivity contribution in [1.29, 1.82) is 0 Å². The molecule has 0 aromatic rings. The Morgan fingerprint density at radius 3 is 2.67 bits per heavy atom. The zero-order chi connectivity index (χ0) is 17.4. The first kappa shape index (κ1) is 19.7. The summed E-state index contributed by atoms with van der Waals surface area (Å²) in [7, 11) is 1.76. The summed E-state index contributed by atoms with van der Waals surface area (Å²) in [6.45, 7) is 9.93. The number of methoxy groups -OCH3 is 1. The zero-order valence-corrected chi connectivity index (χ0v) is 15.9. The van der Waals surface area contributed by atoms with Gasteiger partial charge < -0.3 is 10.1 Å². The van der Waals surface area contributed by atoms with E-state index in [2.05, 4.69) is 29.0 Å². The molecule has 0 bridgehead atoms. The maximum Gasteiger partial charge on any atom is 0.237 e. The number of carbonyl (C=O) groups is 1. The van der Waals surface area contributed by atoms with E-state index < -0.39 is 0 Å². The monoisotopic (exact) mass is 339 g/mol. The number of rotatable bonds is 8. The van der Waals surface area contributed by atoms with Crippen LogP contribution < -0.4 is 5.32 Å². The van der Waals surface area contributed by atoms with Crippen LogP contribution in [-0.2, 0) is 9.53 Å². The first-order valence-corrected chi connectivity index (χ1v) is 9.90. The molecular weight excluding hydrogens is 302 g/mol. The van der Waals surface area contributed by atoms with Crippen LogP contribution >= 0.6 is 0 Å². The lowest BCUT2D eigenvalue weighted by molar-refractivity contribution is -0.127. The maximum absolute atomic E-state index is 12.5. The third-order valence-electron chi connectivity index (χ3n) is 5.91. The Labute approximate surface area is 148 Å². The second-order valence-electron chi connectivity index (χ2n) is 7.51. The fourth-order valence-electron chi connectivity index (χ4n) is 4.11. The van der Waals surface area contributed by atoms with Crippen molar-refractivity contribution in [1.82, 2.24) is 15.1 Å². The van der Waals surface area contributed by atoms with E-state index >= 15 is 0 Å². The Bertz CT molecular complexity index is 372. The minimum atomic E-state index is -0.0211. The Hall–Kier alpha value is -0.650. The Morgan fingerprint density at radius 2 is 2.00 bits per heavy atom. The van der Waals surface area contributed by atoms with Crippen molar-refractivity contribution in [2.75, 3.05) is 46.4 Å². The number of hydrogen-bond donors (Lipinski definition) is 1. The standard InChI is InChI=1S/C19H37N3O2/c1-4-18-15-22(11-10-21(18)12-13-24-3)16(2)19(23)20-14-17-8-6-5-7-9-17/h16-18H,4-15H2,1-3H3,(H,20,23). The van der Waals surface area contributed by atoms with Gasteiger partial charge in [-0.25, -0.2) is 0 Å². The molecule has 1 saturated heterocycles. The molecule has 24 heavy (non-hydrogen) atoms. The molecule has 2 unspecified atom stereocenters. The van der Waals surface area contributed by atoms with E-state index in [-0.39, 0.29) is 11.9 Å². The molecule has 1 aliphatic carbocycles. The molecule has 5 nitrogen and oxygen atoms in total. The van der Waals surface area contributed by atoms with E-state index in [4.69, 9.17) is 4.74 Å². The minimum absolute atomic E-state index is 0.0211. The minimum Gasteiger partial charge on any atom is -0.383 e. The summed E-state index contributed by atoms with van der Waals surface area (Å²) in [5.74, 6) is 0.907. The molecule has 2 fully saturated rings. The zero-order valence-electron chi connectivity index (χ0n) is 15.9. The van der Waals surface area contributed by atoms with Crippen LogP contribution in [0.25, 0.3) is 0 Å². The topological polar surface area (TPSA) is 44.8 Å². The van der Waals surface area contributed by atoms with Gasteiger partial charge in [-0.2, -0.15) is 0 Å². The fraction of sp³-hybridized carbons (Fsp3) is 0.947. The highest BCUT2D eigenvalue weighted by Gasteiger charge is 2.30. The van der Waals surface area contributed by atoms with E-state index in [1.165, 1.54) is 32.1 Å². The molecule has 0 radical (unpaired) electrons. The van der Waals surface area contributed by atoms with Crippen molar-refractivity contribution in [3.63, 3.8) is 0 Å². The number of amides is 1. The van der Waals surface area contributed by atoms with Gasteiger partial charge in [-0.05, 0) is 32.1 Å². The number of nitrogens with zero attached hydrogens (tertiary/aromatic N) is 2. The molecule has 1 N–H and O–H groups in total. The number of nitrogens with one attached hydrogen (secondary N) is 1. The third-order valence-corrected chi connectivity index (χ3v) is 5.91. The summed E-state index contributed by atoms with van der Waals surface area (Å²) in [5.41, 5.74) is 0. The highest BCUT2D eigenvalue weighted by atomic mass is 16.5. The number of hydrogen-bond acceptors (Lipinski definition) is 4. The lowest BCUT2D eigenvalue weighted by atomic mass is 9.89. The first-order chi connectivity index (χ1) is 11.7. The normalized spacial score (nSPS) is 25.5. The van der Waals surface area contributed by atoms with Gasteiger partial charge in [0.15, 0.2) is 0 Å². The van der Waals surface area contributed by atoms with Crippen molar-refractivity contribution >= 4 is 5.91 Å². The van der Waals surface area contributed by atoms with Crippen LogP contribution in [0.2, 0.25) is 0 Å². The van der Waals surface area contributed by atoms with Crippen LogP contribution in [0.15, 0.2) is 0 Å². The van der Waals surface area contributed by atoms with E-state index in [1.807, 2.05) is 0 Å². The highest BCUT2D eigenvalue weighted by Crippen LogP contribution is 2.23. The van der Waals surface area contributed by atoms with Gasteiger partial charge in [0.25, 0.3) is 0 Å². The number of carbonyl (C=O) groups excluding carboxylic acids is 1. The lowest BCUT2D eigenvalue weighted by Gasteiger charge is -2.43. The van der Waals surface area contributed by atoms with E-state index in [1.54, 1.807) is 7.11 Å². The summed E-state index contributed by atoms with van der Waals surface area (Å²) in [4.78, 5) is 17.4. The Kier molecular flexibility index (Phi) is 8.50. The van der Waals surface area contributed by atoms with Crippen LogP contribution in [0, 0.1) is 5.92 Å². The first-order valence-electron chi connectivity index (χ1n) is 9.90. The van der Waals surface area contributed by atoms with Gasteiger partial charge in [-0.15, -0.1) is 0 Å². The summed E-state index contributed by atoms with van der Waals surface area (Å²) >= 11 is 0. The molecule has 2 rings (SSSR count). The summed E-state index contributed by atoms with van der Waals surface area (Å²) < 4.78 is 5.22. The van der Waals surface area contributed by atoms with Crippen molar-refractivity contribution in [2.45, 2.75) is 64.5 Å². The quantitative estimate of drug-likeness (QED) is 0.736. The molecule has 0 aromatic heterocycles. The van der Waals surface area contributed by atoms with Gasteiger partial charge in [0.2, 0.25) is 5.91 Å². The second-order valence-corrected chi connectivity index (χ2v) is 7.51. The number of piperazine rings is 1. The summed E-state index contributed by atoms with van der Waals surface area (Å²) in [6, 6.07) is 0.509.